The predicted molar refractivity (Wildman–Crippen MR) is 36.4 cm³/mol. The second-order valence-electron chi connectivity index (χ2n) is 2.26. The van der Waals surface area contributed by atoms with E-state index < -0.39 is 0 Å². The van der Waals surface area contributed by atoms with Crippen LogP contribution >= 0.6 is 0 Å². The summed E-state index contributed by atoms with van der Waals surface area (Å²) in [5, 5.41) is 8.71. The van der Waals surface area contributed by atoms with Crippen molar-refractivity contribution in [3.05, 3.63) is 0 Å². The molecule has 1 atom stereocenters. The summed E-state index contributed by atoms with van der Waals surface area (Å²) >= 11 is 0. The van der Waals surface area contributed by atoms with E-state index in [-0.39, 0.29) is 12.6 Å². The first-order valence-corrected chi connectivity index (χ1v) is 2.98. The van der Waals surface area contributed by atoms with Gasteiger partial charge in [0.25, 0.3) is 0 Å². The molecule has 3 heteroatoms. The van der Waals surface area contributed by atoms with Gasteiger partial charge in [-0.2, -0.15) is 0 Å². The average molecular weight is 133 g/mol. The molecule has 0 spiro atoms. The van der Waals surface area contributed by atoms with Gasteiger partial charge in [-0.15, -0.1) is 0 Å². The normalized spacial score (nSPS) is 14.3. The smallest absolute Gasteiger partial charge is 0.0640 e. The number of nitrogens with zero attached hydrogens (tertiary/aromatic N) is 1. The zero-order valence-corrected chi connectivity index (χ0v) is 6.29. The van der Waals surface area contributed by atoms with Crippen molar-refractivity contribution in [3.63, 3.8) is 0 Å². The van der Waals surface area contributed by atoms with Crippen LogP contribution < -0.4 is 0 Å². The summed E-state index contributed by atoms with van der Waals surface area (Å²) in [5.74, 6) is 0. The van der Waals surface area contributed by atoms with Crippen LogP contribution in [0.2, 0.25) is 0 Å². The molecule has 0 aliphatic carbocycles. The third kappa shape index (κ3) is 3.46. The molecule has 9 heavy (non-hydrogen) atoms. The first kappa shape index (κ1) is 8.88. The fraction of sp³-hybridized carbons (Fsp3) is 1.00. The van der Waals surface area contributed by atoms with E-state index in [2.05, 4.69) is 0 Å². The SMILES string of the molecule is COCC(CO)N(C)C. The third-order valence-corrected chi connectivity index (χ3v) is 1.30. The van der Waals surface area contributed by atoms with Crippen LogP contribution in [-0.4, -0.2) is 50.5 Å². The number of rotatable bonds is 4. The standard InChI is InChI=1S/C6H15NO2/c1-7(2)6(4-8)5-9-3/h6,8H,4-5H2,1-3H3. The Morgan fingerprint density at radius 1 is 1.56 bits per heavy atom. The minimum absolute atomic E-state index is 0.134. The Hall–Kier alpha value is -0.120. The molecule has 0 aromatic carbocycles. The van der Waals surface area contributed by atoms with E-state index in [1.807, 2.05) is 19.0 Å². The number of likely N-dealkylation sites (N-methyl/N-ethyl adjacent to an activating group) is 1. The maximum atomic E-state index is 8.71. The van der Waals surface area contributed by atoms with Gasteiger partial charge in [0.05, 0.1) is 19.3 Å². The Labute approximate surface area is 56.2 Å². The molecule has 0 amide bonds. The summed E-state index contributed by atoms with van der Waals surface area (Å²) in [7, 11) is 5.46. The van der Waals surface area contributed by atoms with E-state index in [0.717, 1.165) is 0 Å². The molecule has 0 saturated carbocycles. The quantitative estimate of drug-likeness (QED) is 0.564. The fourth-order valence-electron chi connectivity index (χ4n) is 0.557. The molecule has 1 unspecified atom stereocenters. The maximum absolute atomic E-state index is 8.71. The summed E-state index contributed by atoms with van der Waals surface area (Å²) in [6.45, 7) is 0.740. The van der Waals surface area contributed by atoms with E-state index in [4.69, 9.17) is 9.84 Å². The number of aliphatic hydroxyl groups is 1. The van der Waals surface area contributed by atoms with Crippen LogP contribution in [0.1, 0.15) is 0 Å². The molecule has 0 heterocycles. The summed E-state index contributed by atoms with van der Waals surface area (Å²) < 4.78 is 4.85. The lowest BCUT2D eigenvalue weighted by Crippen LogP contribution is -2.35. The largest absolute Gasteiger partial charge is 0.395 e. The van der Waals surface area contributed by atoms with Crippen molar-refractivity contribution in [1.29, 1.82) is 0 Å². The molecule has 0 aromatic rings. The van der Waals surface area contributed by atoms with Crippen molar-refractivity contribution in [3.8, 4) is 0 Å². The molecule has 0 bridgehead atoms. The van der Waals surface area contributed by atoms with Gasteiger partial charge in [0.2, 0.25) is 0 Å². The third-order valence-electron chi connectivity index (χ3n) is 1.30. The minimum Gasteiger partial charge on any atom is -0.395 e. The number of aliphatic hydroxyl groups excluding tert-OH is 1. The van der Waals surface area contributed by atoms with Crippen LogP contribution in [0.15, 0.2) is 0 Å². The highest BCUT2D eigenvalue weighted by Gasteiger charge is 2.07. The molecular formula is C6H15NO2. The van der Waals surface area contributed by atoms with Crippen LogP contribution in [0.3, 0.4) is 0 Å². The van der Waals surface area contributed by atoms with E-state index in [9.17, 15) is 0 Å². The summed E-state index contributed by atoms with van der Waals surface area (Å²) in [5.41, 5.74) is 0. The highest BCUT2D eigenvalue weighted by Crippen LogP contribution is 1.90. The van der Waals surface area contributed by atoms with Gasteiger partial charge >= 0.3 is 0 Å². The monoisotopic (exact) mass is 133 g/mol. The van der Waals surface area contributed by atoms with Crippen LogP contribution in [0.25, 0.3) is 0 Å². The summed E-state index contributed by atoms with van der Waals surface area (Å²) in [6, 6.07) is 0.134. The van der Waals surface area contributed by atoms with Crippen LogP contribution in [0, 0.1) is 0 Å². The molecule has 1 N–H and O–H groups in total. The summed E-state index contributed by atoms with van der Waals surface area (Å²) in [4.78, 5) is 1.93. The maximum Gasteiger partial charge on any atom is 0.0640 e. The molecule has 0 fully saturated rings. The van der Waals surface area contributed by atoms with Crippen LogP contribution in [0.4, 0.5) is 0 Å². The van der Waals surface area contributed by atoms with E-state index >= 15 is 0 Å². The number of hydrogen-bond donors (Lipinski definition) is 1. The highest BCUT2D eigenvalue weighted by molar-refractivity contribution is 4.61. The van der Waals surface area contributed by atoms with Gasteiger partial charge in [0.1, 0.15) is 0 Å². The number of ether oxygens (including phenoxy) is 1. The molecule has 56 valence electrons. The predicted octanol–water partition coefficient (Wildman–Crippen LogP) is -0.445. The van der Waals surface area contributed by atoms with Crippen molar-refractivity contribution in [2.24, 2.45) is 0 Å². The first-order valence-electron chi connectivity index (χ1n) is 2.98. The van der Waals surface area contributed by atoms with Crippen molar-refractivity contribution in [1.82, 2.24) is 4.90 Å². The second kappa shape index (κ2) is 4.73. The molecule has 3 nitrogen and oxygen atoms in total. The van der Waals surface area contributed by atoms with Gasteiger partial charge in [-0.1, -0.05) is 0 Å². The zero-order chi connectivity index (χ0) is 7.28. The van der Waals surface area contributed by atoms with Gasteiger partial charge in [-0.25, -0.2) is 0 Å². The second-order valence-corrected chi connectivity index (χ2v) is 2.26. The fourth-order valence-corrected chi connectivity index (χ4v) is 0.557. The van der Waals surface area contributed by atoms with Gasteiger partial charge in [-0.05, 0) is 14.1 Å². The molecular weight excluding hydrogens is 118 g/mol. The van der Waals surface area contributed by atoms with Crippen molar-refractivity contribution in [2.45, 2.75) is 6.04 Å². The van der Waals surface area contributed by atoms with Gasteiger partial charge in [0.15, 0.2) is 0 Å². The Kier molecular flexibility index (Phi) is 4.67. The lowest BCUT2D eigenvalue weighted by Gasteiger charge is -2.20. The van der Waals surface area contributed by atoms with Crippen LogP contribution in [0.5, 0.6) is 0 Å². The van der Waals surface area contributed by atoms with Crippen molar-refractivity contribution < 1.29 is 9.84 Å². The van der Waals surface area contributed by atoms with E-state index in [1.165, 1.54) is 0 Å². The Balaban J connectivity index is 3.41. The molecule has 0 rings (SSSR count). The molecule has 0 aliphatic heterocycles. The van der Waals surface area contributed by atoms with Crippen molar-refractivity contribution in [2.75, 3.05) is 34.4 Å². The van der Waals surface area contributed by atoms with Gasteiger partial charge in [0, 0.05) is 7.11 Å². The lowest BCUT2D eigenvalue weighted by molar-refractivity contribution is 0.0795. The number of methoxy groups -OCH3 is 1. The molecule has 0 saturated heterocycles. The average Bonchev–Trinajstić information content (AvgIpc) is 1.82. The summed E-state index contributed by atoms with van der Waals surface area (Å²) in [6.07, 6.45) is 0. The molecule has 0 aromatic heterocycles. The topological polar surface area (TPSA) is 32.7 Å². The highest BCUT2D eigenvalue weighted by atomic mass is 16.5. The zero-order valence-electron chi connectivity index (χ0n) is 6.29. The van der Waals surface area contributed by atoms with E-state index in [0.29, 0.717) is 6.61 Å². The van der Waals surface area contributed by atoms with Crippen LogP contribution in [-0.2, 0) is 4.74 Å². The number of hydrogen-bond acceptors (Lipinski definition) is 3. The molecule has 0 radical (unpaired) electrons. The van der Waals surface area contributed by atoms with Gasteiger partial charge < -0.3 is 14.7 Å². The Bertz CT molecular complexity index is 66.1. The first-order chi connectivity index (χ1) is 4.22. The minimum atomic E-state index is 0.134. The van der Waals surface area contributed by atoms with Gasteiger partial charge in [-0.3, -0.25) is 0 Å². The lowest BCUT2D eigenvalue weighted by atomic mass is 10.3. The van der Waals surface area contributed by atoms with E-state index in [1.54, 1.807) is 7.11 Å². The molecule has 0 aliphatic rings. The Morgan fingerprint density at radius 2 is 2.11 bits per heavy atom. The Morgan fingerprint density at radius 3 is 2.22 bits per heavy atom. The van der Waals surface area contributed by atoms with Crippen molar-refractivity contribution >= 4 is 0 Å².